The number of nitro benzene ring substituents is 1. The summed E-state index contributed by atoms with van der Waals surface area (Å²) in [6.45, 7) is 0. The number of carbonyl (C=O) groups is 1. The standard InChI is InChI=1S/C20H13ClN2O4/c21-16-5-11-19(12-6-16)27-20(24)15-3-7-17(8-4-15)22-13-14-1-9-18(10-2-14)23(25)26/h1-13H. The van der Waals surface area contributed by atoms with E-state index in [9.17, 15) is 14.9 Å². The largest absolute Gasteiger partial charge is 0.423 e. The molecule has 0 aliphatic rings. The zero-order chi connectivity index (χ0) is 19.2. The zero-order valence-electron chi connectivity index (χ0n) is 13.9. The summed E-state index contributed by atoms with van der Waals surface area (Å²) in [5, 5.41) is 11.2. The molecule has 0 N–H and O–H groups in total. The Labute approximate surface area is 159 Å². The summed E-state index contributed by atoms with van der Waals surface area (Å²) in [5.74, 6) is -0.0760. The smallest absolute Gasteiger partial charge is 0.343 e. The fourth-order valence-corrected chi connectivity index (χ4v) is 2.31. The number of ether oxygens (including phenoxy) is 1. The Morgan fingerprint density at radius 3 is 2.19 bits per heavy atom. The normalized spacial score (nSPS) is 10.7. The first-order valence-electron chi connectivity index (χ1n) is 7.87. The highest BCUT2D eigenvalue weighted by Gasteiger charge is 2.08. The van der Waals surface area contributed by atoms with Gasteiger partial charge in [-0.3, -0.25) is 15.1 Å². The van der Waals surface area contributed by atoms with Crippen molar-refractivity contribution in [3.8, 4) is 5.75 Å². The Kier molecular flexibility index (Phi) is 5.58. The molecule has 0 radical (unpaired) electrons. The number of hydrogen-bond donors (Lipinski definition) is 0. The molecule has 0 aromatic heterocycles. The predicted molar refractivity (Wildman–Crippen MR) is 103 cm³/mol. The second kappa shape index (κ2) is 8.25. The number of non-ortho nitro benzene ring substituents is 1. The maximum absolute atomic E-state index is 12.1. The van der Waals surface area contributed by atoms with E-state index in [-0.39, 0.29) is 5.69 Å². The number of rotatable bonds is 5. The van der Waals surface area contributed by atoms with Gasteiger partial charge in [-0.2, -0.15) is 0 Å². The van der Waals surface area contributed by atoms with Crippen LogP contribution in [0.1, 0.15) is 15.9 Å². The van der Waals surface area contributed by atoms with E-state index in [1.54, 1.807) is 66.9 Å². The summed E-state index contributed by atoms with van der Waals surface area (Å²) in [4.78, 5) is 26.6. The van der Waals surface area contributed by atoms with Gasteiger partial charge in [0.2, 0.25) is 0 Å². The summed E-state index contributed by atoms with van der Waals surface area (Å²) in [6, 6.07) is 19.1. The van der Waals surface area contributed by atoms with E-state index in [4.69, 9.17) is 16.3 Å². The summed E-state index contributed by atoms with van der Waals surface area (Å²) >= 11 is 5.79. The Hall–Kier alpha value is -3.51. The van der Waals surface area contributed by atoms with Gasteiger partial charge in [0.05, 0.1) is 16.2 Å². The molecule has 0 spiro atoms. The predicted octanol–water partition coefficient (Wildman–Crippen LogP) is 5.22. The summed E-state index contributed by atoms with van der Waals surface area (Å²) in [7, 11) is 0. The van der Waals surface area contributed by atoms with Gasteiger partial charge in [0.15, 0.2) is 0 Å². The number of carbonyl (C=O) groups excluding carboxylic acids is 1. The van der Waals surface area contributed by atoms with Crippen molar-refractivity contribution >= 4 is 35.2 Å². The number of benzene rings is 3. The number of nitro groups is 1. The minimum absolute atomic E-state index is 0.0238. The first-order chi connectivity index (χ1) is 13.0. The Morgan fingerprint density at radius 1 is 0.963 bits per heavy atom. The zero-order valence-corrected chi connectivity index (χ0v) is 14.7. The van der Waals surface area contributed by atoms with Gasteiger partial charge in [0, 0.05) is 23.4 Å². The van der Waals surface area contributed by atoms with E-state index in [2.05, 4.69) is 4.99 Å². The minimum Gasteiger partial charge on any atom is -0.423 e. The maximum Gasteiger partial charge on any atom is 0.343 e. The van der Waals surface area contributed by atoms with Gasteiger partial charge in [0.25, 0.3) is 5.69 Å². The molecule has 0 saturated heterocycles. The van der Waals surface area contributed by atoms with Crippen molar-refractivity contribution in [1.82, 2.24) is 0 Å². The van der Waals surface area contributed by atoms with Gasteiger partial charge >= 0.3 is 5.97 Å². The lowest BCUT2D eigenvalue weighted by Gasteiger charge is -2.04. The van der Waals surface area contributed by atoms with E-state index >= 15 is 0 Å². The van der Waals surface area contributed by atoms with Crippen LogP contribution in [-0.4, -0.2) is 17.1 Å². The Morgan fingerprint density at radius 2 is 1.59 bits per heavy atom. The van der Waals surface area contributed by atoms with Crippen molar-refractivity contribution in [1.29, 1.82) is 0 Å². The molecular formula is C20H13ClN2O4. The van der Waals surface area contributed by atoms with Crippen molar-refractivity contribution < 1.29 is 14.5 Å². The molecule has 0 aliphatic carbocycles. The van der Waals surface area contributed by atoms with Gasteiger partial charge in [-0.05, 0) is 66.2 Å². The maximum atomic E-state index is 12.1. The quantitative estimate of drug-likeness (QED) is 0.200. The average Bonchev–Trinajstić information content (AvgIpc) is 2.69. The molecule has 0 fully saturated rings. The SMILES string of the molecule is O=C(Oc1ccc(Cl)cc1)c1ccc(N=Cc2ccc([N+](=O)[O-])cc2)cc1. The van der Waals surface area contributed by atoms with Crippen molar-refractivity contribution in [3.63, 3.8) is 0 Å². The summed E-state index contributed by atoms with van der Waals surface area (Å²) in [5.41, 5.74) is 1.78. The van der Waals surface area contributed by atoms with Crippen molar-refractivity contribution in [2.45, 2.75) is 0 Å². The lowest BCUT2D eigenvalue weighted by atomic mass is 10.2. The van der Waals surface area contributed by atoms with Crippen LogP contribution < -0.4 is 4.74 Å². The number of halogens is 1. The third kappa shape index (κ3) is 4.99. The number of esters is 1. The fourth-order valence-electron chi connectivity index (χ4n) is 2.18. The highest BCUT2D eigenvalue weighted by molar-refractivity contribution is 6.30. The van der Waals surface area contributed by atoms with Crippen LogP contribution in [0.2, 0.25) is 5.02 Å². The van der Waals surface area contributed by atoms with E-state index in [1.807, 2.05) is 0 Å². The van der Waals surface area contributed by atoms with Crippen LogP contribution in [-0.2, 0) is 0 Å². The molecule has 0 unspecified atom stereocenters. The van der Waals surface area contributed by atoms with Gasteiger partial charge in [-0.1, -0.05) is 11.6 Å². The van der Waals surface area contributed by atoms with Gasteiger partial charge in [0.1, 0.15) is 5.75 Å². The molecule has 134 valence electrons. The van der Waals surface area contributed by atoms with Crippen LogP contribution in [0.4, 0.5) is 11.4 Å². The molecule has 0 amide bonds. The first kappa shape index (κ1) is 18.3. The van der Waals surface area contributed by atoms with Gasteiger partial charge in [-0.25, -0.2) is 4.79 Å². The molecule has 6 nitrogen and oxygen atoms in total. The lowest BCUT2D eigenvalue weighted by Crippen LogP contribution is -2.07. The highest BCUT2D eigenvalue weighted by Crippen LogP contribution is 2.19. The molecule has 0 bridgehead atoms. The van der Waals surface area contributed by atoms with Crippen LogP contribution in [0.3, 0.4) is 0 Å². The molecule has 27 heavy (non-hydrogen) atoms. The van der Waals surface area contributed by atoms with E-state index in [0.717, 1.165) is 5.56 Å². The second-order valence-corrected chi connectivity index (χ2v) is 5.93. The lowest BCUT2D eigenvalue weighted by molar-refractivity contribution is -0.384. The number of hydrogen-bond acceptors (Lipinski definition) is 5. The van der Waals surface area contributed by atoms with Gasteiger partial charge < -0.3 is 4.74 Å². The molecule has 0 heterocycles. The van der Waals surface area contributed by atoms with Gasteiger partial charge in [-0.15, -0.1) is 0 Å². The van der Waals surface area contributed by atoms with Crippen molar-refractivity contribution in [2.24, 2.45) is 4.99 Å². The Bertz CT molecular complexity index is 982. The van der Waals surface area contributed by atoms with E-state index < -0.39 is 10.9 Å². The summed E-state index contributed by atoms with van der Waals surface area (Å²) < 4.78 is 5.26. The van der Waals surface area contributed by atoms with Crippen molar-refractivity contribution in [2.75, 3.05) is 0 Å². The highest BCUT2D eigenvalue weighted by atomic mass is 35.5. The van der Waals surface area contributed by atoms with Crippen LogP contribution in [0.15, 0.2) is 77.8 Å². The topological polar surface area (TPSA) is 81.8 Å². The fraction of sp³-hybridized carbons (Fsp3) is 0. The first-order valence-corrected chi connectivity index (χ1v) is 8.25. The molecule has 0 atom stereocenters. The average molecular weight is 381 g/mol. The molecular weight excluding hydrogens is 368 g/mol. The van der Waals surface area contributed by atoms with E-state index in [0.29, 0.717) is 22.0 Å². The number of aliphatic imine (C=N–C) groups is 1. The molecule has 3 aromatic carbocycles. The van der Waals surface area contributed by atoms with E-state index in [1.165, 1.54) is 12.1 Å². The monoisotopic (exact) mass is 380 g/mol. The van der Waals surface area contributed by atoms with Crippen molar-refractivity contribution in [3.05, 3.63) is 99.1 Å². The van der Waals surface area contributed by atoms with Crippen LogP contribution >= 0.6 is 11.6 Å². The molecule has 0 saturated carbocycles. The Balaban J connectivity index is 1.64. The number of nitrogens with zero attached hydrogens (tertiary/aromatic N) is 2. The summed E-state index contributed by atoms with van der Waals surface area (Å²) in [6.07, 6.45) is 1.59. The van der Waals surface area contributed by atoms with Crippen LogP contribution in [0.25, 0.3) is 0 Å². The molecule has 7 heteroatoms. The molecule has 3 aromatic rings. The van der Waals surface area contributed by atoms with Crippen LogP contribution in [0, 0.1) is 10.1 Å². The third-order valence-electron chi connectivity index (χ3n) is 3.59. The molecule has 0 aliphatic heterocycles. The third-order valence-corrected chi connectivity index (χ3v) is 3.85. The second-order valence-electron chi connectivity index (χ2n) is 5.50. The van der Waals surface area contributed by atoms with Crippen LogP contribution in [0.5, 0.6) is 5.75 Å². The minimum atomic E-state index is -0.483. The molecule has 3 rings (SSSR count).